The number of aliphatic imine (C=N–C) groups is 1. The summed E-state index contributed by atoms with van der Waals surface area (Å²) in [6.45, 7) is 17.1. The number of allylic oxidation sites excluding steroid dienone is 1. The van der Waals surface area contributed by atoms with Crippen molar-refractivity contribution in [3.63, 3.8) is 0 Å². The maximum absolute atomic E-state index is 6.64. The molecule has 3 atom stereocenters. The molecule has 0 radical (unpaired) electrons. The molecule has 11 nitrogen and oxygen atoms in total. The molecule has 0 amide bonds. The van der Waals surface area contributed by atoms with E-state index in [9.17, 15) is 0 Å². The molecule has 0 spiro atoms. The van der Waals surface area contributed by atoms with E-state index < -0.39 is 0 Å². The van der Waals surface area contributed by atoms with Gasteiger partial charge in [-0.2, -0.15) is 10.2 Å². The van der Waals surface area contributed by atoms with E-state index in [1.54, 1.807) is 4.68 Å². The molecule has 2 N–H and O–H groups in total. The number of nitrogens with two attached hydrogens (primary N) is 1. The van der Waals surface area contributed by atoms with Crippen molar-refractivity contribution in [2.75, 3.05) is 46.4 Å². The molecule has 3 unspecified atom stereocenters. The van der Waals surface area contributed by atoms with Gasteiger partial charge < -0.3 is 20.1 Å². The fourth-order valence-electron chi connectivity index (χ4n) is 6.15. The van der Waals surface area contributed by atoms with E-state index in [1.807, 2.05) is 57.5 Å². The molecule has 0 aliphatic carbocycles. The Kier molecular flexibility index (Phi) is 13.4. The van der Waals surface area contributed by atoms with Crippen molar-refractivity contribution in [2.45, 2.75) is 73.0 Å². The monoisotopic (exact) mass is 763 g/mol. The highest BCUT2D eigenvalue weighted by atomic mass is 127. The maximum atomic E-state index is 6.64. The van der Waals surface area contributed by atoms with Gasteiger partial charge in [-0.15, -0.1) is 0 Å². The molecule has 1 saturated heterocycles. The molecule has 5 rings (SSSR count). The van der Waals surface area contributed by atoms with E-state index in [2.05, 4.69) is 58.8 Å². The van der Waals surface area contributed by atoms with Gasteiger partial charge in [-0.3, -0.25) is 14.9 Å². The van der Waals surface area contributed by atoms with E-state index in [0.717, 1.165) is 64.5 Å². The highest BCUT2D eigenvalue weighted by Crippen LogP contribution is 2.37. The second-order valence-corrected chi connectivity index (χ2v) is 13.9. The number of aryl methyl sites for hydroxylation is 2. The first-order chi connectivity index (χ1) is 22.2. The fraction of sp³-hybridized carbons (Fsp3) is 0.576. The van der Waals surface area contributed by atoms with Gasteiger partial charge in [0, 0.05) is 32.1 Å². The van der Waals surface area contributed by atoms with Gasteiger partial charge in [-0.1, -0.05) is 20.3 Å². The smallest absolute Gasteiger partial charge is 0.221 e. The average Bonchev–Trinajstić information content (AvgIpc) is 3.52. The minimum Gasteiger partial charge on any atom is -0.479 e. The van der Waals surface area contributed by atoms with Gasteiger partial charge in [0.2, 0.25) is 5.88 Å². The summed E-state index contributed by atoms with van der Waals surface area (Å²) in [6.07, 6.45) is 10.1. The third kappa shape index (κ3) is 8.67. The van der Waals surface area contributed by atoms with Crippen molar-refractivity contribution in [3.8, 4) is 17.1 Å². The number of fused-ring (bicyclic) bond motifs is 3. The third-order valence-electron chi connectivity index (χ3n) is 8.03. The van der Waals surface area contributed by atoms with Crippen LogP contribution in [-0.4, -0.2) is 98.4 Å². The summed E-state index contributed by atoms with van der Waals surface area (Å²) >= 11 is 2.35. The SMILES string of the molecule is CC.CCO/C(N)=C1\C=C\c2nn(PI)c3cnc(cc23)-c2c(C)nn(C)c2OC(C)CN(C)CC1=NC(C)CN1CCCCC1. The first kappa shape index (κ1) is 36.3. The second kappa shape index (κ2) is 17.0. The molecule has 46 heavy (non-hydrogen) atoms. The van der Waals surface area contributed by atoms with Crippen LogP contribution < -0.4 is 10.5 Å². The van der Waals surface area contributed by atoms with Gasteiger partial charge in [-0.25, -0.2) is 9.13 Å². The van der Waals surface area contributed by atoms with E-state index in [-0.39, 0.29) is 12.1 Å². The van der Waals surface area contributed by atoms with Gasteiger partial charge in [0.25, 0.3) is 0 Å². The van der Waals surface area contributed by atoms with Crippen LogP contribution >= 0.6 is 28.4 Å². The number of aromatic nitrogens is 5. The lowest BCUT2D eigenvalue weighted by atomic mass is 10.1. The molecular weight excluding hydrogens is 712 g/mol. The van der Waals surface area contributed by atoms with Gasteiger partial charge in [0.1, 0.15) is 6.10 Å². The van der Waals surface area contributed by atoms with Crippen LogP contribution in [0, 0.1) is 6.92 Å². The van der Waals surface area contributed by atoms with Crippen molar-refractivity contribution in [3.05, 3.63) is 41.2 Å². The predicted molar refractivity (Wildman–Crippen MR) is 200 cm³/mol. The standard InChI is InChI=1S/C31H45IN9O2P.C2H6/c1-7-42-30(33)23-11-12-25-24-15-26(34-16-28(24)41(37-25)44-32)29-22(4)36-39(6)31(29)43-21(3)18-38(5)19-27(23)35-20(2)17-40-13-9-8-10-14-40;1-2/h11-12,15-16,20-21,44H,7-10,13-14,17-19,33H2,1-6H3;1-2H3/b12-11+,30-23+,35-27?;. The molecule has 5 heterocycles. The third-order valence-corrected chi connectivity index (χ3v) is 9.91. The Morgan fingerprint density at radius 2 is 1.93 bits per heavy atom. The number of piperidine rings is 1. The first-order valence-electron chi connectivity index (χ1n) is 16.4. The molecule has 0 aromatic carbocycles. The lowest BCUT2D eigenvalue weighted by Gasteiger charge is -2.29. The molecule has 3 aromatic heterocycles. The van der Waals surface area contributed by atoms with Crippen LogP contribution in [0.5, 0.6) is 5.88 Å². The Labute approximate surface area is 289 Å². The molecule has 2 bridgehead atoms. The molecule has 1 fully saturated rings. The van der Waals surface area contributed by atoms with Crippen molar-refractivity contribution >= 4 is 51.1 Å². The zero-order chi connectivity index (χ0) is 33.4. The van der Waals surface area contributed by atoms with Gasteiger partial charge in [0.05, 0.1) is 64.7 Å². The number of pyridine rings is 1. The summed E-state index contributed by atoms with van der Waals surface area (Å²) in [7, 11) is 4.01. The number of ether oxygens (including phenoxy) is 2. The van der Waals surface area contributed by atoms with Crippen molar-refractivity contribution in [1.29, 1.82) is 0 Å². The summed E-state index contributed by atoms with van der Waals surface area (Å²) in [5.41, 5.74) is 12.7. The molecule has 0 saturated carbocycles. The van der Waals surface area contributed by atoms with Gasteiger partial charge >= 0.3 is 0 Å². The van der Waals surface area contributed by atoms with Crippen LogP contribution in [0.4, 0.5) is 0 Å². The van der Waals surface area contributed by atoms with Crippen molar-refractivity contribution in [2.24, 2.45) is 17.8 Å². The lowest BCUT2D eigenvalue weighted by molar-refractivity contribution is 0.159. The number of likely N-dealkylation sites (tertiary alicyclic amines) is 1. The van der Waals surface area contributed by atoms with Crippen LogP contribution in [0.3, 0.4) is 0 Å². The largest absolute Gasteiger partial charge is 0.479 e. The summed E-state index contributed by atoms with van der Waals surface area (Å²) < 4.78 is 16.3. The van der Waals surface area contributed by atoms with Crippen LogP contribution in [-0.2, 0) is 11.8 Å². The van der Waals surface area contributed by atoms with Gasteiger partial charge in [0.15, 0.2) is 5.88 Å². The summed E-state index contributed by atoms with van der Waals surface area (Å²) in [4.78, 5) is 14.9. The lowest BCUT2D eigenvalue weighted by Crippen LogP contribution is -2.38. The van der Waals surface area contributed by atoms with Crippen LogP contribution in [0.1, 0.15) is 65.3 Å². The highest BCUT2D eigenvalue weighted by Gasteiger charge is 2.24. The molecule has 13 heteroatoms. The first-order valence-corrected chi connectivity index (χ1v) is 20.5. The average molecular weight is 764 g/mol. The Morgan fingerprint density at radius 1 is 1.20 bits per heavy atom. The van der Waals surface area contributed by atoms with Crippen LogP contribution in [0.25, 0.3) is 28.2 Å². The Hall–Kier alpha value is -2.54. The summed E-state index contributed by atoms with van der Waals surface area (Å²) in [5, 5.41) is 10.6. The Bertz CT molecular complexity index is 1560. The number of nitrogens with zero attached hydrogens (tertiary/aromatic N) is 8. The van der Waals surface area contributed by atoms with E-state index >= 15 is 0 Å². The molecule has 3 aromatic rings. The minimum absolute atomic E-state index is 0.0963. The fourth-order valence-corrected chi connectivity index (χ4v) is 7.67. The number of likely N-dealkylation sites (N-methyl/N-ethyl adjacent to an activating group) is 1. The Balaban J connectivity index is 0.00000235. The molecule has 2 aliphatic rings. The van der Waals surface area contributed by atoms with E-state index in [4.69, 9.17) is 35.4 Å². The zero-order valence-electron chi connectivity index (χ0n) is 28.7. The van der Waals surface area contributed by atoms with Crippen molar-refractivity contribution < 1.29 is 9.47 Å². The predicted octanol–water partition coefficient (Wildman–Crippen LogP) is 6.21. The minimum atomic E-state index is -0.125. The second-order valence-electron chi connectivity index (χ2n) is 11.8. The topological polar surface area (TPSA) is 112 Å². The Morgan fingerprint density at radius 3 is 2.63 bits per heavy atom. The maximum Gasteiger partial charge on any atom is 0.221 e. The zero-order valence-corrected chi connectivity index (χ0v) is 31.8. The van der Waals surface area contributed by atoms with E-state index in [0.29, 0.717) is 37.8 Å². The molecule has 2 aliphatic heterocycles. The molecular formula is C33H51IN9O2P. The number of halogens is 1. The summed E-state index contributed by atoms with van der Waals surface area (Å²) in [5.74, 6) is 1.07. The number of hydrogen-bond acceptors (Lipinski definition) is 9. The quantitative estimate of drug-likeness (QED) is 0.180. The van der Waals surface area contributed by atoms with Crippen LogP contribution in [0.2, 0.25) is 0 Å². The highest BCUT2D eigenvalue weighted by molar-refractivity contribution is 14.2. The number of hydrogen-bond donors (Lipinski definition) is 1. The summed E-state index contributed by atoms with van der Waals surface area (Å²) in [6, 6.07) is 2.19. The van der Waals surface area contributed by atoms with Gasteiger partial charge in [-0.05, 0) is 101 Å². The van der Waals surface area contributed by atoms with Crippen molar-refractivity contribution in [1.82, 2.24) is 34.1 Å². The van der Waals surface area contributed by atoms with Crippen LogP contribution in [0.15, 0.2) is 34.8 Å². The normalized spacial score (nSPS) is 21.8. The molecule has 252 valence electrons. The van der Waals surface area contributed by atoms with E-state index in [1.165, 1.54) is 19.3 Å². The number of rotatable bonds is 6.